The molecular weight excluding hydrogens is 272 g/mol. The summed E-state index contributed by atoms with van der Waals surface area (Å²) in [4.78, 5) is 11.1. The molecule has 0 aliphatic carbocycles. The number of amides is 1. The van der Waals surface area contributed by atoms with Gasteiger partial charge in [0.15, 0.2) is 0 Å². The van der Waals surface area contributed by atoms with Crippen LogP contribution in [0.3, 0.4) is 0 Å². The first-order valence-electron chi connectivity index (χ1n) is 4.40. The quantitative estimate of drug-likeness (QED) is 0.859. The van der Waals surface area contributed by atoms with Crippen molar-refractivity contribution in [3.63, 3.8) is 0 Å². The number of ether oxygens (including phenoxy) is 1. The van der Waals surface area contributed by atoms with E-state index in [4.69, 9.17) is 27.2 Å². The van der Waals surface area contributed by atoms with Crippen molar-refractivity contribution in [2.45, 2.75) is 6.61 Å². The van der Waals surface area contributed by atoms with Crippen molar-refractivity contribution in [3.05, 3.63) is 35.9 Å². The first-order valence-corrected chi connectivity index (χ1v) is 8.10. The van der Waals surface area contributed by atoms with E-state index in [9.17, 15) is 9.36 Å². The second-order valence-electron chi connectivity index (χ2n) is 2.97. The van der Waals surface area contributed by atoms with Gasteiger partial charge in [-0.05, 0) is 28.0 Å². The molecule has 1 rings (SSSR count). The van der Waals surface area contributed by atoms with Crippen LogP contribution in [0.25, 0.3) is 0 Å². The third-order valence-corrected chi connectivity index (χ3v) is 2.86. The molecule has 1 amide bonds. The lowest BCUT2D eigenvalue weighted by atomic mass is 10.2. The first-order chi connectivity index (χ1) is 7.47. The first kappa shape index (κ1) is 13.4. The Kier molecular flexibility index (Phi) is 5.13. The molecule has 1 aromatic rings. The topological polar surface area (TPSA) is 55.4 Å². The monoisotopic (exact) mass is 281 g/mol. The minimum Gasteiger partial charge on any atom is -0.445 e. The lowest BCUT2D eigenvalue weighted by molar-refractivity contribution is 0.141. The highest BCUT2D eigenvalue weighted by Crippen LogP contribution is 2.55. The maximum Gasteiger partial charge on any atom is 0.407 e. The van der Waals surface area contributed by atoms with Gasteiger partial charge >= 0.3 is 6.09 Å². The molecule has 0 aromatic heterocycles. The van der Waals surface area contributed by atoms with Crippen LogP contribution in [-0.2, 0) is 15.9 Å². The predicted octanol–water partition coefficient (Wildman–Crippen LogP) is 3.54. The summed E-state index contributed by atoms with van der Waals surface area (Å²) in [6.07, 6.45) is -1.01. The van der Waals surface area contributed by atoms with E-state index in [0.29, 0.717) is 0 Å². The van der Waals surface area contributed by atoms with Crippen LogP contribution in [0.5, 0.6) is 0 Å². The van der Waals surface area contributed by atoms with Crippen molar-refractivity contribution in [2.75, 3.05) is 6.29 Å². The largest absolute Gasteiger partial charge is 0.445 e. The van der Waals surface area contributed by atoms with Crippen molar-refractivity contribution >= 4 is 34.4 Å². The zero-order valence-electron chi connectivity index (χ0n) is 8.23. The fraction of sp³-hybridized carbons (Fsp3) is 0.222. The van der Waals surface area contributed by atoms with Gasteiger partial charge in [-0.15, -0.1) is 0 Å². The number of alkyl carbamates (subject to hydrolysis) is 1. The smallest absolute Gasteiger partial charge is 0.407 e. The van der Waals surface area contributed by atoms with Crippen molar-refractivity contribution in [2.24, 2.45) is 0 Å². The van der Waals surface area contributed by atoms with Gasteiger partial charge in [0.05, 0.1) is 0 Å². The van der Waals surface area contributed by atoms with E-state index >= 15 is 0 Å². The number of nitrogens with one attached hydrogen (secondary N) is 1. The Morgan fingerprint density at radius 1 is 1.31 bits per heavy atom. The number of benzene rings is 1. The molecule has 0 aliphatic rings. The predicted molar refractivity (Wildman–Crippen MR) is 63.9 cm³/mol. The Balaban J connectivity index is 2.29. The third kappa shape index (κ3) is 6.01. The highest BCUT2D eigenvalue weighted by atomic mass is 35.9. The van der Waals surface area contributed by atoms with Crippen LogP contribution in [0.2, 0.25) is 0 Å². The number of carbonyl (C=O) groups excluding carboxylic acids is 1. The lowest BCUT2D eigenvalue weighted by Gasteiger charge is -2.07. The molecule has 1 aromatic carbocycles. The SMILES string of the molecule is O=C(NCP(=O)(Cl)Cl)OCc1ccccc1. The zero-order chi connectivity index (χ0) is 12.0. The van der Waals surface area contributed by atoms with Gasteiger partial charge in [0.2, 0.25) is 0 Å². The summed E-state index contributed by atoms with van der Waals surface area (Å²) in [5.41, 5.74) is 0.859. The molecule has 0 aliphatic heterocycles. The maximum absolute atomic E-state index is 11.1. The Bertz CT molecular complexity index is 393. The second kappa shape index (κ2) is 6.14. The molecule has 0 atom stereocenters. The van der Waals surface area contributed by atoms with Gasteiger partial charge in [-0.25, -0.2) is 4.79 Å². The van der Waals surface area contributed by atoms with E-state index in [1.54, 1.807) is 0 Å². The third-order valence-electron chi connectivity index (χ3n) is 1.62. The van der Waals surface area contributed by atoms with Crippen LogP contribution in [0.15, 0.2) is 30.3 Å². The Morgan fingerprint density at radius 2 is 1.94 bits per heavy atom. The molecule has 16 heavy (non-hydrogen) atoms. The average Bonchev–Trinajstić information content (AvgIpc) is 2.24. The summed E-state index contributed by atoms with van der Waals surface area (Å²) in [6, 6.07) is 9.17. The number of carbonyl (C=O) groups is 1. The Hall–Kier alpha value is -0.700. The molecular formula is C9H10Cl2NO3P. The number of rotatable bonds is 4. The van der Waals surface area contributed by atoms with Crippen molar-refractivity contribution < 1.29 is 14.1 Å². The minimum atomic E-state index is -3.28. The summed E-state index contributed by atoms with van der Waals surface area (Å²) >= 11 is 10.5. The van der Waals surface area contributed by atoms with Crippen LogP contribution in [0.1, 0.15) is 5.56 Å². The molecule has 0 saturated carbocycles. The molecule has 0 bridgehead atoms. The number of hydrogen-bond acceptors (Lipinski definition) is 3. The molecule has 88 valence electrons. The van der Waals surface area contributed by atoms with Gasteiger partial charge in [0.1, 0.15) is 12.9 Å². The van der Waals surface area contributed by atoms with E-state index in [1.807, 2.05) is 30.3 Å². The fourth-order valence-corrected chi connectivity index (χ4v) is 1.60. The van der Waals surface area contributed by atoms with Crippen LogP contribution >= 0.6 is 28.3 Å². The molecule has 1 N–H and O–H groups in total. The molecule has 0 radical (unpaired) electrons. The molecule has 0 unspecified atom stereocenters. The van der Waals surface area contributed by atoms with E-state index in [2.05, 4.69) is 5.32 Å². The van der Waals surface area contributed by atoms with Gasteiger partial charge in [0, 0.05) is 0 Å². The molecule has 7 heteroatoms. The molecule has 0 heterocycles. The molecule has 0 fully saturated rings. The van der Waals surface area contributed by atoms with Crippen LogP contribution in [-0.4, -0.2) is 12.4 Å². The van der Waals surface area contributed by atoms with Crippen molar-refractivity contribution in [1.82, 2.24) is 5.32 Å². The van der Waals surface area contributed by atoms with Crippen molar-refractivity contribution in [1.29, 1.82) is 0 Å². The van der Waals surface area contributed by atoms with Gasteiger partial charge < -0.3 is 10.1 Å². The van der Waals surface area contributed by atoms with E-state index < -0.39 is 11.9 Å². The van der Waals surface area contributed by atoms with E-state index in [0.717, 1.165) is 5.56 Å². The van der Waals surface area contributed by atoms with Crippen LogP contribution in [0.4, 0.5) is 4.79 Å². The van der Waals surface area contributed by atoms with Crippen LogP contribution < -0.4 is 5.32 Å². The van der Waals surface area contributed by atoms with Crippen LogP contribution in [0, 0.1) is 0 Å². The standard InChI is InChI=1S/C9H10Cl2NO3P/c10-16(11,14)7-12-9(13)15-6-8-4-2-1-3-5-8/h1-5H,6-7H2,(H,12,13). The van der Waals surface area contributed by atoms with Gasteiger partial charge in [0.25, 0.3) is 5.85 Å². The Labute approximate surface area is 103 Å². The summed E-state index contributed by atoms with van der Waals surface area (Å²) in [5, 5.41) is 2.20. The van der Waals surface area contributed by atoms with Gasteiger partial charge in [-0.1, -0.05) is 30.3 Å². The maximum atomic E-state index is 11.1. The van der Waals surface area contributed by atoms with Gasteiger partial charge in [-0.2, -0.15) is 0 Å². The highest BCUT2D eigenvalue weighted by Gasteiger charge is 2.15. The van der Waals surface area contributed by atoms with E-state index in [-0.39, 0.29) is 12.9 Å². The normalized spacial score (nSPS) is 10.9. The summed E-state index contributed by atoms with van der Waals surface area (Å²) in [6.45, 7) is 0.140. The second-order valence-corrected chi connectivity index (χ2v) is 8.22. The number of hydrogen-bond donors (Lipinski definition) is 1. The van der Waals surface area contributed by atoms with E-state index in [1.165, 1.54) is 0 Å². The van der Waals surface area contributed by atoms with Crippen molar-refractivity contribution in [3.8, 4) is 0 Å². The fourth-order valence-electron chi connectivity index (χ4n) is 0.931. The highest BCUT2D eigenvalue weighted by molar-refractivity contribution is 8.08. The summed E-state index contributed by atoms with van der Waals surface area (Å²) < 4.78 is 15.7. The Morgan fingerprint density at radius 3 is 2.50 bits per heavy atom. The lowest BCUT2D eigenvalue weighted by Crippen LogP contribution is -2.23. The summed E-state index contributed by atoms with van der Waals surface area (Å²) in [5.74, 6) is -3.28. The molecule has 4 nitrogen and oxygen atoms in total. The average molecular weight is 282 g/mol. The van der Waals surface area contributed by atoms with Gasteiger partial charge in [-0.3, -0.25) is 4.57 Å². The number of halogens is 2. The molecule has 0 spiro atoms. The summed E-state index contributed by atoms with van der Waals surface area (Å²) in [7, 11) is 0. The molecule has 0 saturated heterocycles. The zero-order valence-corrected chi connectivity index (χ0v) is 10.6. The minimum absolute atomic E-state index is 0.140.